The Bertz CT molecular complexity index is 1090. The lowest BCUT2D eigenvalue weighted by Gasteiger charge is -2.23. The quantitative estimate of drug-likeness (QED) is 0.285. The van der Waals surface area contributed by atoms with Crippen LogP contribution >= 0.6 is 23.4 Å². The third-order valence-corrected chi connectivity index (χ3v) is 5.53. The molecule has 0 atom stereocenters. The topological polar surface area (TPSA) is 79.2 Å². The highest BCUT2D eigenvalue weighted by atomic mass is 35.5. The second-order valence-corrected chi connectivity index (χ2v) is 7.79. The maximum absolute atomic E-state index is 12.8. The van der Waals surface area contributed by atoms with Crippen LogP contribution in [0.2, 0.25) is 5.02 Å². The van der Waals surface area contributed by atoms with E-state index in [1.54, 1.807) is 30.8 Å². The van der Waals surface area contributed by atoms with Gasteiger partial charge in [-0.2, -0.15) is 5.26 Å². The molecule has 1 N–H and O–H groups in total. The molecule has 1 aliphatic rings. The standard InChI is InChI=1S/C22H17ClN2O3S/c1-13(2)22(27)28-10-9-25-21(26)17(12-24)20-15-5-3-4-6-18(15)29-19-8-7-14(23)11-16(19)20/h3-8,11H,1,9-10H2,2H3,(H,25,26). The molecule has 0 bridgehead atoms. The minimum atomic E-state index is -0.540. The zero-order valence-electron chi connectivity index (χ0n) is 15.6. The number of halogens is 1. The molecule has 0 aromatic heterocycles. The molecule has 2 aromatic carbocycles. The number of ether oxygens (including phenoxy) is 1. The first-order valence-electron chi connectivity index (χ1n) is 8.74. The van der Waals surface area contributed by atoms with E-state index in [-0.39, 0.29) is 24.3 Å². The lowest BCUT2D eigenvalue weighted by atomic mass is 9.92. The first-order valence-corrected chi connectivity index (χ1v) is 9.94. The molecule has 1 heterocycles. The molecule has 0 saturated carbocycles. The van der Waals surface area contributed by atoms with Crippen LogP contribution in [0.15, 0.2) is 70.0 Å². The molecule has 1 amide bonds. The van der Waals surface area contributed by atoms with E-state index in [9.17, 15) is 14.9 Å². The lowest BCUT2D eigenvalue weighted by Crippen LogP contribution is -2.29. The zero-order chi connectivity index (χ0) is 21.0. The summed E-state index contributed by atoms with van der Waals surface area (Å²) in [5.74, 6) is -1.07. The molecule has 2 aromatic rings. The molecule has 29 heavy (non-hydrogen) atoms. The molecule has 5 nitrogen and oxygen atoms in total. The van der Waals surface area contributed by atoms with Crippen molar-refractivity contribution in [1.29, 1.82) is 5.26 Å². The number of rotatable bonds is 5. The molecule has 0 spiro atoms. The molecular formula is C22H17ClN2O3S. The van der Waals surface area contributed by atoms with E-state index in [0.29, 0.717) is 10.6 Å². The second kappa shape index (κ2) is 8.99. The Kier molecular flexibility index (Phi) is 6.42. The molecule has 0 aliphatic carbocycles. The summed E-state index contributed by atoms with van der Waals surface area (Å²) >= 11 is 7.75. The predicted molar refractivity (Wildman–Crippen MR) is 112 cm³/mol. The van der Waals surface area contributed by atoms with Crippen molar-refractivity contribution in [1.82, 2.24) is 5.32 Å². The van der Waals surface area contributed by atoms with Crippen molar-refractivity contribution in [3.63, 3.8) is 0 Å². The van der Waals surface area contributed by atoms with Crippen molar-refractivity contribution in [2.75, 3.05) is 13.2 Å². The molecule has 3 rings (SSSR count). The van der Waals surface area contributed by atoms with Crippen LogP contribution in [0.5, 0.6) is 0 Å². The molecule has 0 radical (unpaired) electrons. The summed E-state index contributed by atoms with van der Waals surface area (Å²) in [6.07, 6.45) is 0. The summed E-state index contributed by atoms with van der Waals surface area (Å²) in [6.45, 7) is 5.10. The third-order valence-electron chi connectivity index (χ3n) is 4.15. The highest BCUT2D eigenvalue weighted by Gasteiger charge is 2.27. The normalized spacial score (nSPS) is 13.4. The van der Waals surface area contributed by atoms with Crippen LogP contribution in [-0.2, 0) is 14.3 Å². The van der Waals surface area contributed by atoms with E-state index < -0.39 is 11.9 Å². The Hall–Kier alpha value is -3.01. The number of nitrogens with zero attached hydrogens (tertiary/aromatic N) is 1. The van der Waals surface area contributed by atoms with Crippen molar-refractivity contribution in [2.45, 2.75) is 16.7 Å². The Balaban J connectivity index is 1.94. The number of nitriles is 1. The monoisotopic (exact) mass is 424 g/mol. The zero-order valence-corrected chi connectivity index (χ0v) is 17.2. The summed E-state index contributed by atoms with van der Waals surface area (Å²) in [4.78, 5) is 26.1. The largest absolute Gasteiger partial charge is 0.460 e. The van der Waals surface area contributed by atoms with Crippen LogP contribution in [0.1, 0.15) is 18.1 Å². The maximum Gasteiger partial charge on any atom is 0.333 e. The second-order valence-electron chi connectivity index (χ2n) is 6.27. The van der Waals surface area contributed by atoms with E-state index in [1.165, 1.54) is 0 Å². The maximum atomic E-state index is 12.8. The van der Waals surface area contributed by atoms with Gasteiger partial charge in [0.2, 0.25) is 0 Å². The van der Waals surface area contributed by atoms with Crippen LogP contribution in [0, 0.1) is 11.3 Å². The molecular weight excluding hydrogens is 408 g/mol. The summed E-state index contributed by atoms with van der Waals surface area (Å²) in [6, 6.07) is 15.0. The summed E-state index contributed by atoms with van der Waals surface area (Å²) in [5, 5.41) is 12.9. The van der Waals surface area contributed by atoms with Crippen molar-refractivity contribution in [3.8, 4) is 6.07 Å². The van der Waals surface area contributed by atoms with Gasteiger partial charge in [0.25, 0.3) is 5.91 Å². The van der Waals surface area contributed by atoms with Gasteiger partial charge in [-0.15, -0.1) is 0 Å². The van der Waals surface area contributed by atoms with Gasteiger partial charge < -0.3 is 10.1 Å². The van der Waals surface area contributed by atoms with E-state index in [1.807, 2.05) is 36.4 Å². The fourth-order valence-electron chi connectivity index (χ4n) is 2.82. The smallest absolute Gasteiger partial charge is 0.333 e. The Labute approximate surface area is 178 Å². The van der Waals surface area contributed by atoms with Gasteiger partial charge in [0.05, 0.1) is 6.54 Å². The number of fused-ring (bicyclic) bond motifs is 2. The van der Waals surface area contributed by atoms with E-state index in [2.05, 4.69) is 11.9 Å². The number of nitrogens with one attached hydrogen (secondary N) is 1. The average molecular weight is 425 g/mol. The van der Waals surface area contributed by atoms with Crippen molar-refractivity contribution < 1.29 is 14.3 Å². The summed E-state index contributed by atoms with van der Waals surface area (Å²) in [5.41, 5.74) is 2.33. The molecule has 1 aliphatic heterocycles. The van der Waals surface area contributed by atoms with Gasteiger partial charge in [-0.25, -0.2) is 4.79 Å². The molecule has 0 saturated heterocycles. The minimum Gasteiger partial charge on any atom is -0.460 e. The Morgan fingerprint density at radius 2 is 1.93 bits per heavy atom. The number of esters is 1. The van der Waals surface area contributed by atoms with Gasteiger partial charge in [-0.3, -0.25) is 4.79 Å². The number of benzene rings is 2. The van der Waals surface area contributed by atoms with Gasteiger partial charge >= 0.3 is 5.97 Å². The minimum absolute atomic E-state index is 0.0136. The highest BCUT2D eigenvalue weighted by Crippen LogP contribution is 2.47. The highest BCUT2D eigenvalue weighted by molar-refractivity contribution is 7.99. The first kappa shape index (κ1) is 20.7. The van der Waals surface area contributed by atoms with Gasteiger partial charge in [0.1, 0.15) is 18.2 Å². The number of carbonyl (C=O) groups is 2. The van der Waals surface area contributed by atoms with Crippen LogP contribution in [0.3, 0.4) is 0 Å². The average Bonchev–Trinajstić information content (AvgIpc) is 2.71. The molecule has 146 valence electrons. The SMILES string of the molecule is C=C(C)C(=O)OCCNC(=O)C(C#N)=C1c2ccccc2Sc2ccc(Cl)cc21. The van der Waals surface area contributed by atoms with Crippen molar-refractivity contribution in [3.05, 3.63) is 76.3 Å². The molecule has 0 fully saturated rings. The van der Waals surface area contributed by atoms with E-state index >= 15 is 0 Å². The van der Waals surface area contributed by atoms with Crippen molar-refractivity contribution >= 4 is 40.8 Å². The van der Waals surface area contributed by atoms with Crippen LogP contribution < -0.4 is 5.32 Å². The fourth-order valence-corrected chi connectivity index (χ4v) is 4.06. The van der Waals surface area contributed by atoms with E-state index in [4.69, 9.17) is 16.3 Å². The number of amides is 1. The van der Waals surface area contributed by atoms with Crippen LogP contribution in [0.25, 0.3) is 5.57 Å². The van der Waals surface area contributed by atoms with Crippen molar-refractivity contribution in [2.24, 2.45) is 0 Å². The van der Waals surface area contributed by atoms with Gasteiger partial charge in [-0.05, 0) is 42.3 Å². The Morgan fingerprint density at radius 1 is 1.21 bits per heavy atom. The molecule has 7 heteroatoms. The third kappa shape index (κ3) is 4.53. The van der Waals surface area contributed by atoms with Gasteiger partial charge in [0, 0.05) is 26.0 Å². The fraction of sp³-hybridized carbons (Fsp3) is 0.136. The van der Waals surface area contributed by atoms with E-state index in [0.717, 1.165) is 20.9 Å². The number of hydrogen-bond donors (Lipinski definition) is 1. The lowest BCUT2D eigenvalue weighted by molar-refractivity contribution is -0.139. The van der Waals surface area contributed by atoms with Crippen LogP contribution in [-0.4, -0.2) is 25.0 Å². The predicted octanol–water partition coefficient (Wildman–Crippen LogP) is 4.37. The van der Waals surface area contributed by atoms with Gasteiger partial charge in [0.15, 0.2) is 0 Å². The Morgan fingerprint density at radius 3 is 2.66 bits per heavy atom. The first-order chi connectivity index (χ1) is 13.9. The summed E-state index contributed by atoms with van der Waals surface area (Å²) in [7, 11) is 0. The van der Waals surface area contributed by atoms with Gasteiger partial charge in [-0.1, -0.05) is 48.1 Å². The van der Waals surface area contributed by atoms with Crippen LogP contribution in [0.4, 0.5) is 0 Å². The summed E-state index contributed by atoms with van der Waals surface area (Å²) < 4.78 is 4.97. The number of carbonyl (C=O) groups excluding carboxylic acids is 2. The number of hydrogen-bond acceptors (Lipinski definition) is 5. The molecule has 0 unspecified atom stereocenters.